The van der Waals surface area contributed by atoms with Gasteiger partial charge in [-0.05, 0) is 0 Å². The summed E-state index contributed by atoms with van der Waals surface area (Å²) in [6.45, 7) is 0.0810. The van der Waals surface area contributed by atoms with Gasteiger partial charge >= 0.3 is 0 Å². The highest BCUT2D eigenvalue weighted by Gasteiger charge is 2.16. The highest BCUT2D eigenvalue weighted by molar-refractivity contribution is 7.85. The number of hydrogen-bond donors (Lipinski definition) is 3. The smallest absolute Gasteiger partial charge is 0.264 e. The van der Waals surface area contributed by atoms with Gasteiger partial charge in [0.1, 0.15) is 0 Å². The lowest BCUT2D eigenvalue weighted by molar-refractivity contribution is 0.326. The van der Waals surface area contributed by atoms with E-state index in [1.54, 1.807) is 25.9 Å². The van der Waals surface area contributed by atoms with Gasteiger partial charge in [0.25, 0.3) is 10.1 Å². The summed E-state index contributed by atoms with van der Waals surface area (Å²) in [6, 6.07) is 0. The molecule has 0 aliphatic carbocycles. The van der Waals surface area contributed by atoms with Crippen molar-refractivity contribution in [2.24, 2.45) is 0 Å². The first-order valence-corrected chi connectivity index (χ1v) is 7.24. The minimum atomic E-state index is -3.42. The molecule has 0 saturated carbocycles. The van der Waals surface area contributed by atoms with Crippen LogP contribution in [-0.4, -0.2) is 52.3 Å². The van der Waals surface area contributed by atoms with Crippen LogP contribution in [0.1, 0.15) is 5.56 Å². The zero-order chi connectivity index (χ0) is 13.8. The molecular weight excluding hydrogens is 258 g/mol. The van der Waals surface area contributed by atoms with E-state index in [4.69, 9.17) is 4.18 Å². The lowest BCUT2D eigenvalue weighted by Gasteiger charge is -2.07. The lowest BCUT2D eigenvalue weighted by Crippen LogP contribution is -2.14. The van der Waals surface area contributed by atoms with Crippen molar-refractivity contribution < 1.29 is 12.6 Å². The van der Waals surface area contributed by atoms with Crippen molar-refractivity contribution in [3.05, 3.63) is 5.56 Å². The Balaban J connectivity index is 2.88. The first kappa shape index (κ1) is 14.6. The average molecular weight is 277 g/mol. The summed E-state index contributed by atoms with van der Waals surface area (Å²) in [4.78, 5) is 1.57. The molecule has 0 radical (unpaired) electrons. The molecule has 0 bridgehead atoms. The fourth-order valence-corrected chi connectivity index (χ4v) is 1.99. The molecule has 0 aromatic carbocycles. The minimum absolute atomic E-state index is 0.0810. The quantitative estimate of drug-likeness (QED) is 0.586. The molecule has 0 amide bonds. The number of nitrogens with zero attached hydrogens (tertiary/aromatic N) is 2. The van der Waals surface area contributed by atoms with Crippen molar-refractivity contribution in [3.63, 3.8) is 0 Å². The molecule has 104 valence electrons. The number of anilines is 2. The third-order valence-corrected chi connectivity index (χ3v) is 2.91. The molecule has 18 heavy (non-hydrogen) atoms. The molecule has 3 N–H and O–H groups in total. The Morgan fingerprint density at radius 2 is 1.94 bits per heavy atom. The Bertz CT molecular complexity index is 497. The van der Waals surface area contributed by atoms with Gasteiger partial charge in [-0.15, -0.1) is 5.10 Å². The van der Waals surface area contributed by atoms with Gasteiger partial charge in [-0.2, -0.15) is 13.2 Å². The van der Waals surface area contributed by atoms with Gasteiger partial charge in [-0.1, -0.05) is 0 Å². The van der Waals surface area contributed by atoms with Gasteiger partial charge in [0.15, 0.2) is 11.6 Å². The molecule has 1 aromatic rings. The Morgan fingerprint density at radius 1 is 1.28 bits per heavy atom. The van der Waals surface area contributed by atoms with Crippen molar-refractivity contribution in [2.45, 2.75) is 6.42 Å². The van der Waals surface area contributed by atoms with E-state index in [0.29, 0.717) is 12.2 Å². The molecule has 0 saturated heterocycles. The summed E-state index contributed by atoms with van der Waals surface area (Å²) in [5.41, 5.74) is 3.75. The van der Waals surface area contributed by atoms with Crippen LogP contribution in [0.3, 0.4) is 0 Å². The van der Waals surface area contributed by atoms with Crippen LogP contribution in [0, 0.1) is 0 Å². The van der Waals surface area contributed by atoms with Gasteiger partial charge in [0.05, 0.1) is 12.9 Å². The normalized spacial score (nSPS) is 11.3. The molecule has 0 aliphatic rings. The second kappa shape index (κ2) is 5.91. The zero-order valence-electron chi connectivity index (χ0n) is 10.9. The second-order valence-electron chi connectivity index (χ2n) is 3.59. The van der Waals surface area contributed by atoms with Crippen molar-refractivity contribution in [3.8, 4) is 0 Å². The monoisotopic (exact) mass is 277 g/mol. The van der Waals surface area contributed by atoms with Crippen molar-refractivity contribution >= 4 is 21.8 Å². The number of rotatable bonds is 7. The Labute approximate surface area is 107 Å². The first-order chi connectivity index (χ1) is 8.42. The molecule has 0 aliphatic heterocycles. The molecule has 1 heterocycles. The second-order valence-corrected chi connectivity index (χ2v) is 5.23. The maximum Gasteiger partial charge on any atom is 0.264 e. The van der Waals surface area contributed by atoms with Crippen LogP contribution in [0.4, 0.5) is 11.6 Å². The molecule has 9 heteroatoms. The van der Waals surface area contributed by atoms with E-state index in [0.717, 1.165) is 17.6 Å². The van der Waals surface area contributed by atoms with E-state index in [1.165, 1.54) is 0 Å². The molecule has 1 aromatic heterocycles. The summed E-state index contributed by atoms with van der Waals surface area (Å²) >= 11 is 0. The van der Waals surface area contributed by atoms with Crippen molar-refractivity contribution in [2.75, 3.05) is 50.1 Å². The van der Waals surface area contributed by atoms with Crippen LogP contribution in [0.25, 0.3) is 0 Å². The number of nitrogens with one attached hydrogen (secondary N) is 3. The summed E-state index contributed by atoms with van der Waals surface area (Å²) in [5, 5.41) is 10.2. The summed E-state index contributed by atoms with van der Waals surface area (Å²) in [7, 11) is 1.85. The van der Waals surface area contributed by atoms with E-state index in [2.05, 4.69) is 21.2 Å². The topological polar surface area (TPSA) is 97.3 Å². The third-order valence-electron chi connectivity index (χ3n) is 2.32. The fraction of sp³-hybridized carbons (Fsp3) is 0.667. The van der Waals surface area contributed by atoms with E-state index in [1.807, 2.05) is 0 Å². The van der Waals surface area contributed by atoms with Gasteiger partial charge in [-0.25, -0.2) is 0 Å². The molecule has 8 nitrogen and oxygen atoms in total. The highest BCUT2D eigenvalue weighted by atomic mass is 32.2. The number of hydrogen-bond acceptors (Lipinski definition) is 7. The standard InChI is InChI=1S/C9H19N5O3S/c1-10-8-7(5-6-17-18(4,15)16)9(11-2)14(12-3)13-8/h11-12H,5-6H2,1-4H3,(H,10,13). The average Bonchev–Trinajstić information content (AvgIpc) is 2.64. The van der Waals surface area contributed by atoms with Crippen molar-refractivity contribution in [1.82, 2.24) is 9.89 Å². The van der Waals surface area contributed by atoms with Crippen molar-refractivity contribution in [1.29, 1.82) is 0 Å². The van der Waals surface area contributed by atoms with Gasteiger partial charge < -0.3 is 16.1 Å². The van der Waals surface area contributed by atoms with Crippen LogP contribution in [0.2, 0.25) is 0 Å². The maximum absolute atomic E-state index is 10.9. The highest BCUT2D eigenvalue weighted by Crippen LogP contribution is 2.23. The first-order valence-electron chi connectivity index (χ1n) is 5.42. The van der Waals surface area contributed by atoms with E-state index >= 15 is 0 Å². The third kappa shape index (κ3) is 3.50. The SMILES string of the molecule is CNc1nn(NC)c(NC)c1CCOS(C)(=O)=O. The van der Waals surface area contributed by atoms with Gasteiger partial charge in [0, 0.05) is 33.1 Å². The molecular formula is C9H19N5O3S. The Hall–Kier alpha value is -1.48. The van der Waals surface area contributed by atoms with E-state index in [9.17, 15) is 8.42 Å². The van der Waals surface area contributed by atoms with Gasteiger partial charge in [0.2, 0.25) is 0 Å². The molecule has 0 atom stereocenters. The summed E-state index contributed by atoms with van der Waals surface area (Å²) < 4.78 is 26.5. The van der Waals surface area contributed by atoms with Crippen LogP contribution in [0.15, 0.2) is 0 Å². The van der Waals surface area contributed by atoms with Gasteiger partial charge in [-0.3, -0.25) is 4.18 Å². The number of aromatic nitrogens is 2. The fourth-order valence-electron chi connectivity index (χ4n) is 1.60. The summed E-state index contributed by atoms with van der Waals surface area (Å²) in [5.74, 6) is 1.43. The van der Waals surface area contributed by atoms with Crippen LogP contribution >= 0.6 is 0 Å². The zero-order valence-corrected chi connectivity index (χ0v) is 11.8. The van der Waals surface area contributed by atoms with Crippen LogP contribution in [-0.2, 0) is 20.7 Å². The molecule has 0 fully saturated rings. The Kier molecular flexibility index (Phi) is 4.79. The van der Waals surface area contributed by atoms with Crippen LogP contribution < -0.4 is 16.1 Å². The maximum atomic E-state index is 10.9. The molecule has 0 spiro atoms. The molecule has 0 unspecified atom stereocenters. The van der Waals surface area contributed by atoms with Crippen LogP contribution in [0.5, 0.6) is 0 Å². The largest absolute Gasteiger partial charge is 0.371 e. The minimum Gasteiger partial charge on any atom is -0.371 e. The summed E-state index contributed by atoms with van der Waals surface area (Å²) in [6.07, 6.45) is 1.46. The van der Waals surface area contributed by atoms with E-state index in [-0.39, 0.29) is 6.61 Å². The van der Waals surface area contributed by atoms with E-state index < -0.39 is 10.1 Å². The Morgan fingerprint density at radius 3 is 2.39 bits per heavy atom. The predicted octanol–water partition coefficient (Wildman–Crippen LogP) is -0.341. The predicted molar refractivity (Wildman–Crippen MR) is 71.1 cm³/mol. The molecule has 1 rings (SSSR count). The lowest BCUT2D eigenvalue weighted by atomic mass is 10.2.